The van der Waals surface area contributed by atoms with E-state index in [1.54, 1.807) is 150 Å². The number of carbonyl (C=O) groups excluding carboxylic acids is 5. The number of pyridine rings is 5. The second-order valence-corrected chi connectivity index (χ2v) is 32.5. The molecule has 8 aromatic heterocycles. The van der Waals surface area contributed by atoms with E-state index in [-0.39, 0.29) is 68.1 Å². The lowest BCUT2D eigenvalue weighted by molar-refractivity contribution is -0.134. The topological polar surface area (TPSA) is 398 Å². The van der Waals surface area contributed by atoms with Gasteiger partial charge in [-0.25, -0.2) is 29.3 Å². The fourth-order valence-corrected chi connectivity index (χ4v) is 16.9. The number of carboxylic acid groups (broad SMARTS) is 2. The van der Waals surface area contributed by atoms with Crippen molar-refractivity contribution in [3.05, 3.63) is 355 Å². The SMILES string of the molecule is Br.CC(=O)O.CC(=O)c1cccnc1.COC(=O)c1ccc(C2(C(N)=S)CC2)cc1.COC(=O)c1ccc(C2(c3nc(-c4cccnc4)cs3)CC2)cc1.Nc1ccccc1N.Nc1ccccc1NC(=O)c1ccc(C2(c3nc(-c4cccnc4)cs3)CC2)cc1.O=C(CBr)c1cccnc1.O=C(O)c1ccc(C2(c3nc(-c4cccnc4)cs3)CC2)cc1. The summed E-state index contributed by atoms with van der Waals surface area (Å²) in [6.07, 6.45) is 25.6. The zero-order chi connectivity index (χ0) is 88.4. The van der Waals surface area contributed by atoms with Crippen molar-refractivity contribution in [3.63, 3.8) is 0 Å². The number of halogens is 2. The first kappa shape index (κ1) is 94.2. The van der Waals surface area contributed by atoms with Crippen molar-refractivity contribution in [1.82, 2.24) is 39.9 Å². The molecule has 18 rings (SSSR count). The number of ketones is 2. The van der Waals surface area contributed by atoms with Gasteiger partial charge in [-0.15, -0.1) is 51.0 Å². The first-order chi connectivity index (χ1) is 59.9. The minimum atomic E-state index is -0.894. The van der Waals surface area contributed by atoms with E-state index in [1.165, 1.54) is 32.3 Å². The van der Waals surface area contributed by atoms with Gasteiger partial charge in [0, 0.05) is 140 Å². The number of aliphatic carboxylic acids is 1. The van der Waals surface area contributed by atoms with Gasteiger partial charge in [-0.05, 0) is 214 Å². The number of amides is 1. The van der Waals surface area contributed by atoms with E-state index < -0.39 is 11.9 Å². The fraction of sp³-hybridized carbons (Fsp3) is 0.179. The number of aromatic nitrogens is 8. The Kier molecular flexibility index (Phi) is 33.4. The van der Waals surface area contributed by atoms with Gasteiger partial charge in [0.2, 0.25) is 0 Å². The number of nitrogen functional groups attached to an aromatic ring is 3. The highest BCUT2D eigenvalue weighted by molar-refractivity contribution is 9.09. The molecule has 0 unspecified atom stereocenters. The number of benzene rings is 6. The molecule has 0 atom stereocenters. The predicted molar refractivity (Wildman–Crippen MR) is 503 cm³/mol. The molecule has 4 fully saturated rings. The summed E-state index contributed by atoms with van der Waals surface area (Å²) in [7, 11) is 2.77. The zero-order valence-corrected chi connectivity index (χ0v) is 74.9. The molecule has 0 aliphatic heterocycles. The number of nitrogens with two attached hydrogens (primary N) is 4. The largest absolute Gasteiger partial charge is 0.481 e. The number of thiocarbonyl (C=S) groups is 1. The lowest BCUT2D eigenvalue weighted by Gasteiger charge is -2.14. The average Bonchev–Trinajstić information content (AvgIpc) is 1.62. The average molecular weight is 1880 g/mol. The van der Waals surface area contributed by atoms with E-state index in [9.17, 15) is 28.8 Å². The highest BCUT2D eigenvalue weighted by Crippen LogP contribution is 2.57. The number of nitrogens with one attached hydrogen (secondary N) is 1. The van der Waals surface area contributed by atoms with Crippen molar-refractivity contribution in [1.29, 1.82) is 0 Å². The van der Waals surface area contributed by atoms with Gasteiger partial charge in [0.15, 0.2) is 11.6 Å². The molecule has 125 heavy (non-hydrogen) atoms. The molecule has 0 bridgehead atoms. The van der Waals surface area contributed by atoms with Crippen LogP contribution in [0.3, 0.4) is 0 Å². The summed E-state index contributed by atoms with van der Waals surface area (Å²) in [5, 5.41) is 29.3. The number of aromatic carboxylic acids is 1. The Morgan fingerprint density at radius 1 is 0.424 bits per heavy atom. The molecule has 0 spiro atoms. The van der Waals surface area contributed by atoms with Crippen LogP contribution in [-0.2, 0) is 35.9 Å². The molecule has 1 amide bonds. The van der Waals surface area contributed by atoms with Crippen LogP contribution in [-0.4, -0.2) is 116 Å². The van der Waals surface area contributed by atoms with Crippen LogP contribution in [0.15, 0.2) is 284 Å². The Morgan fingerprint density at radius 3 is 1.03 bits per heavy atom. The number of nitrogens with zero attached hydrogens (tertiary/aromatic N) is 8. The lowest BCUT2D eigenvalue weighted by Crippen LogP contribution is -2.26. The van der Waals surface area contributed by atoms with E-state index in [4.69, 9.17) is 69.8 Å². The summed E-state index contributed by atoms with van der Waals surface area (Å²) in [6, 6.07) is 63.3. The Labute approximate surface area is 759 Å². The molecule has 638 valence electrons. The van der Waals surface area contributed by atoms with Gasteiger partial charge < -0.3 is 47.9 Å². The molecule has 4 aliphatic rings. The van der Waals surface area contributed by atoms with E-state index in [2.05, 4.69) is 67.0 Å². The van der Waals surface area contributed by atoms with E-state index >= 15 is 0 Å². The maximum atomic E-state index is 12.6. The van der Waals surface area contributed by atoms with Gasteiger partial charge in [-0.2, -0.15) is 0 Å². The van der Waals surface area contributed by atoms with Crippen molar-refractivity contribution in [3.8, 4) is 33.8 Å². The van der Waals surface area contributed by atoms with Crippen molar-refractivity contribution in [2.24, 2.45) is 5.73 Å². The van der Waals surface area contributed by atoms with Crippen molar-refractivity contribution < 1.29 is 53.2 Å². The Hall–Kier alpha value is -13.1. The number of hydrogen-bond acceptors (Lipinski definition) is 24. The molecule has 0 radical (unpaired) electrons. The molecule has 30 heteroatoms. The minimum absolute atomic E-state index is 0. The molecule has 4 aliphatic carbocycles. The van der Waals surface area contributed by atoms with Gasteiger partial charge in [0.25, 0.3) is 11.9 Å². The van der Waals surface area contributed by atoms with Crippen molar-refractivity contribution >= 4 is 148 Å². The molecule has 8 heterocycles. The Bertz CT molecular complexity index is 5940. The third-order valence-electron chi connectivity index (χ3n) is 20.6. The van der Waals surface area contributed by atoms with Crippen LogP contribution in [0, 0.1) is 0 Å². The molecule has 24 nitrogen and oxygen atoms in total. The number of methoxy groups -OCH3 is 2. The summed E-state index contributed by atoms with van der Waals surface area (Å²) in [6.45, 7) is 2.61. The highest BCUT2D eigenvalue weighted by atomic mass is 79.9. The maximum absolute atomic E-state index is 12.6. The number of carboxylic acids is 2. The molecule has 11 N–H and O–H groups in total. The maximum Gasteiger partial charge on any atom is 0.337 e. The predicted octanol–water partition coefficient (Wildman–Crippen LogP) is 19.4. The van der Waals surface area contributed by atoms with Gasteiger partial charge >= 0.3 is 17.9 Å². The van der Waals surface area contributed by atoms with E-state index in [0.29, 0.717) is 66.4 Å². The molecule has 0 saturated heterocycles. The number of thiazole rings is 3. The van der Waals surface area contributed by atoms with Crippen LogP contribution in [0.1, 0.15) is 165 Å². The second-order valence-electron chi connectivity index (χ2n) is 28.9. The summed E-state index contributed by atoms with van der Waals surface area (Å²) in [5.41, 5.74) is 38.7. The van der Waals surface area contributed by atoms with Crippen LogP contribution in [0.25, 0.3) is 33.8 Å². The number of alkyl halides is 1. The summed E-state index contributed by atoms with van der Waals surface area (Å²) < 4.78 is 9.39. The first-order valence-corrected chi connectivity index (χ1v) is 43.1. The fourth-order valence-electron chi connectivity index (χ4n) is 12.9. The number of hydrogen-bond donors (Lipinski definition) is 7. The van der Waals surface area contributed by atoms with Crippen LogP contribution < -0.4 is 28.3 Å². The number of ether oxygens (including phenoxy) is 2. The third kappa shape index (κ3) is 24.9. The summed E-state index contributed by atoms with van der Waals surface area (Å²) in [5.74, 6) is -2.41. The van der Waals surface area contributed by atoms with Crippen molar-refractivity contribution in [2.75, 3.05) is 42.1 Å². The summed E-state index contributed by atoms with van der Waals surface area (Å²) >= 11 is 13.2. The van der Waals surface area contributed by atoms with E-state index in [1.807, 2.05) is 152 Å². The zero-order valence-electron chi connectivity index (χ0n) is 68.4. The van der Waals surface area contributed by atoms with Crippen LogP contribution >= 0.6 is 79.1 Å². The molecular weight excluding hydrogens is 1790 g/mol. The van der Waals surface area contributed by atoms with Crippen LogP contribution in [0.5, 0.6) is 0 Å². The molecule has 14 aromatic rings. The van der Waals surface area contributed by atoms with Gasteiger partial charge in [-0.3, -0.25) is 44.1 Å². The minimum Gasteiger partial charge on any atom is -0.481 e. The Morgan fingerprint density at radius 2 is 0.752 bits per heavy atom. The smallest absolute Gasteiger partial charge is 0.337 e. The molecule has 6 aromatic carbocycles. The number of carbonyl (C=O) groups is 7. The number of Topliss-reactive ketones (excluding diaryl/α,β-unsaturated/α-hetero) is 2. The quantitative estimate of drug-likeness (QED) is 0.0130. The van der Waals surface area contributed by atoms with Crippen LogP contribution in [0.4, 0.5) is 22.7 Å². The molecule has 4 saturated carbocycles. The lowest BCUT2D eigenvalue weighted by atomic mass is 9.95. The highest BCUT2D eigenvalue weighted by Gasteiger charge is 2.51. The van der Waals surface area contributed by atoms with Crippen LogP contribution in [0.2, 0.25) is 0 Å². The summed E-state index contributed by atoms with van der Waals surface area (Å²) in [4.78, 5) is 112. The number of esters is 2. The normalized spacial score (nSPS) is 13.4. The number of rotatable bonds is 19. The standard InChI is InChI=1S/C24H20N4OS.C19H16N2O2S.C18H14N2O2S.C12H13NO2S.C7H6BrNO.C7H7NO.C6H8N2.C2H4O2.BrH/c25-19-5-1-2-6-20(19)27-22(29)16-7-9-18(10-8-16)24(11-12-24)23-28-21(15-30-23)17-4-3-13-26-14-17;1-23-17(22)13-4-6-15(7-5-13)19(8-9-19)18-21-16(12-24-18)14-3-2-10-20-11-14;21-16(22)12-3-5-14(6-4-12)18(7-8-18)17-20-15(11-23-17)13-2-1-9-19-10-13;1-15-10(14)8-2-4-9(5-3-8)12(6-7-12)11(13)16;8-4-7(10)6-2-1-3-9-5-6;1-6(9)7-3-2-4-8-5-7;7-5-3-1-2-4-6(5)8;1-2(3)4;/h1-10,13-15H,11-12,25H2,(H,27,29);2-7,10-12H,8-9H2,1H3;1-6,9-11H,7-8H2,(H,21,22);2-5H,6-7H2,1H3,(H2,13,16);1-3,5H,4H2;2-5H,1H3;1-4H,7-8H2;1H3,(H,3,4);1H. The number of anilines is 4. The van der Waals surface area contributed by atoms with Gasteiger partial charge in [0.1, 0.15) is 15.0 Å². The Balaban J connectivity index is 0.000000158. The van der Waals surface area contributed by atoms with Crippen molar-refractivity contribution in [2.45, 2.75) is 86.9 Å². The monoisotopic (exact) mass is 1870 g/mol. The first-order valence-electron chi connectivity index (χ1n) is 38.9. The second kappa shape index (κ2) is 44.3. The van der Waals surface area contributed by atoms with Gasteiger partial charge in [-0.1, -0.05) is 101 Å². The van der Waals surface area contributed by atoms with Gasteiger partial charge in [0.05, 0.1) is 81.1 Å². The number of para-hydroxylation sites is 4. The third-order valence-corrected chi connectivity index (χ3v) is 24.6. The van der Waals surface area contributed by atoms with E-state index in [0.717, 1.165) is 118 Å². The molecular formula is C95H89Br2N13O11S4.